The summed E-state index contributed by atoms with van der Waals surface area (Å²) in [6.45, 7) is 2.56. The number of rotatable bonds is 2. The van der Waals surface area contributed by atoms with E-state index in [1.54, 1.807) is 13.0 Å². The Bertz CT molecular complexity index is 466. The lowest BCUT2D eigenvalue weighted by atomic mass is 9.99. The Balaban J connectivity index is 2.33. The van der Waals surface area contributed by atoms with Crippen LogP contribution in [0.1, 0.15) is 18.9 Å². The van der Waals surface area contributed by atoms with Gasteiger partial charge in [0.1, 0.15) is 11.6 Å². The van der Waals surface area contributed by atoms with Crippen molar-refractivity contribution in [2.45, 2.75) is 13.3 Å². The Morgan fingerprint density at radius 3 is 3.18 bits per heavy atom. The molecule has 4 heteroatoms. The van der Waals surface area contributed by atoms with E-state index in [2.05, 4.69) is 0 Å². The second-order valence-electron chi connectivity index (χ2n) is 3.66. The van der Waals surface area contributed by atoms with Crippen molar-refractivity contribution in [3.05, 3.63) is 35.7 Å². The van der Waals surface area contributed by atoms with Crippen LogP contribution < -0.4 is 4.74 Å². The second kappa shape index (κ2) is 4.99. The summed E-state index contributed by atoms with van der Waals surface area (Å²) in [5.41, 5.74) is 1.38. The van der Waals surface area contributed by atoms with Crippen molar-refractivity contribution in [1.29, 1.82) is 0 Å². The number of hydrogen-bond acceptors (Lipinski definition) is 3. The summed E-state index contributed by atoms with van der Waals surface area (Å²) in [7, 11) is 0. The third-order valence-corrected chi connectivity index (χ3v) is 2.50. The van der Waals surface area contributed by atoms with Gasteiger partial charge in [-0.1, -0.05) is 0 Å². The molecule has 0 amide bonds. The molecule has 0 radical (unpaired) electrons. The maximum Gasteiger partial charge on any atom is 0.331 e. The molecule has 1 heterocycles. The number of fused-ring (bicyclic) bond motifs is 1. The Morgan fingerprint density at radius 1 is 1.59 bits per heavy atom. The number of esters is 1. The number of carbonyl (C=O) groups excluding carboxylic acids is 1. The fourth-order valence-corrected chi connectivity index (χ4v) is 1.76. The fraction of sp³-hybridized carbons (Fsp3) is 0.308. The first-order valence-corrected chi connectivity index (χ1v) is 5.50. The van der Waals surface area contributed by atoms with Gasteiger partial charge in [-0.25, -0.2) is 9.18 Å². The fourth-order valence-electron chi connectivity index (χ4n) is 1.76. The lowest BCUT2D eigenvalue weighted by molar-refractivity contribution is -0.137. The predicted octanol–water partition coefficient (Wildman–Crippen LogP) is 2.55. The highest BCUT2D eigenvalue weighted by atomic mass is 19.1. The lowest BCUT2D eigenvalue weighted by Gasteiger charge is -2.19. The molecule has 0 fully saturated rings. The minimum absolute atomic E-state index is 0.328. The highest BCUT2D eigenvalue weighted by Gasteiger charge is 2.17. The molecule has 0 atom stereocenters. The van der Waals surface area contributed by atoms with Crippen molar-refractivity contribution in [3.8, 4) is 5.75 Å². The highest BCUT2D eigenvalue weighted by Crippen LogP contribution is 2.33. The molecule has 2 rings (SSSR count). The van der Waals surface area contributed by atoms with E-state index in [1.165, 1.54) is 18.2 Å². The molecule has 0 saturated heterocycles. The summed E-state index contributed by atoms with van der Waals surface area (Å²) in [6, 6.07) is 4.29. The zero-order valence-corrected chi connectivity index (χ0v) is 9.53. The van der Waals surface area contributed by atoms with Crippen LogP contribution in [0.25, 0.3) is 5.57 Å². The molecule has 1 aromatic carbocycles. The number of carbonyl (C=O) groups is 1. The van der Waals surface area contributed by atoms with Crippen molar-refractivity contribution in [2.75, 3.05) is 13.2 Å². The smallest absolute Gasteiger partial charge is 0.331 e. The van der Waals surface area contributed by atoms with Crippen molar-refractivity contribution in [2.24, 2.45) is 0 Å². The Morgan fingerprint density at radius 2 is 2.41 bits per heavy atom. The average Bonchev–Trinajstić information content (AvgIpc) is 2.30. The Labute approximate surface area is 98.8 Å². The molecule has 17 heavy (non-hydrogen) atoms. The molecule has 1 aliphatic rings. The summed E-state index contributed by atoms with van der Waals surface area (Å²) in [5, 5.41) is 0. The van der Waals surface area contributed by atoms with E-state index in [0.29, 0.717) is 30.9 Å². The second-order valence-corrected chi connectivity index (χ2v) is 3.66. The van der Waals surface area contributed by atoms with E-state index in [-0.39, 0.29) is 5.82 Å². The Kier molecular flexibility index (Phi) is 3.42. The summed E-state index contributed by atoms with van der Waals surface area (Å²) in [6.07, 6.45) is 1.99. The van der Waals surface area contributed by atoms with Gasteiger partial charge in [0.15, 0.2) is 0 Å². The maximum absolute atomic E-state index is 13.2. The minimum atomic E-state index is -0.403. The third kappa shape index (κ3) is 2.64. The van der Waals surface area contributed by atoms with E-state index < -0.39 is 5.97 Å². The van der Waals surface area contributed by atoms with E-state index in [4.69, 9.17) is 9.47 Å². The third-order valence-electron chi connectivity index (χ3n) is 2.50. The number of hydrogen-bond donors (Lipinski definition) is 0. The van der Waals surface area contributed by atoms with Gasteiger partial charge in [0.05, 0.1) is 13.2 Å². The summed E-state index contributed by atoms with van der Waals surface area (Å²) in [5.74, 6) is -0.142. The first kappa shape index (κ1) is 11.6. The van der Waals surface area contributed by atoms with Gasteiger partial charge in [0, 0.05) is 18.1 Å². The van der Waals surface area contributed by atoms with Crippen molar-refractivity contribution >= 4 is 11.5 Å². The van der Waals surface area contributed by atoms with Gasteiger partial charge in [-0.15, -0.1) is 0 Å². The molecule has 1 aliphatic heterocycles. The quantitative estimate of drug-likeness (QED) is 0.584. The van der Waals surface area contributed by atoms with Crippen molar-refractivity contribution in [1.82, 2.24) is 0 Å². The van der Waals surface area contributed by atoms with Crippen LogP contribution in [0.4, 0.5) is 4.39 Å². The van der Waals surface area contributed by atoms with Crippen LogP contribution in [0.15, 0.2) is 24.3 Å². The standard InChI is InChI=1S/C13H13FO3/c1-2-16-13(15)7-9-5-6-17-12-4-3-10(14)8-11(9)12/h3-4,7-8H,2,5-6H2,1H3. The largest absolute Gasteiger partial charge is 0.493 e. The normalized spacial score (nSPS) is 16.2. The van der Waals surface area contributed by atoms with Crippen LogP contribution in [-0.4, -0.2) is 19.2 Å². The molecule has 0 N–H and O–H groups in total. The first-order chi connectivity index (χ1) is 8.20. The van der Waals surface area contributed by atoms with E-state index in [9.17, 15) is 9.18 Å². The van der Waals surface area contributed by atoms with Gasteiger partial charge in [-0.05, 0) is 30.7 Å². The summed E-state index contributed by atoms with van der Waals surface area (Å²) < 4.78 is 23.4. The molecular weight excluding hydrogens is 223 g/mol. The number of benzene rings is 1. The predicted molar refractivity (Wildman–Crippen MR) is 61.1 cm³/mol. The van der Waals surface area contributed by atoms with Gasteiger partial charge in [0.25, 0.3) is 0 Å². The first-order valence-electron chi connectivity index (χ1n) is 5.50. The number of halogens is 1. The van der Waals surface area contributed by atoms with Crippen molar-refractivity contribution in [3.63, 3.8) is 0 Å². The molecule has 90 valence electrons. The van der Waals surface area contributed by atoms with Gasteiger partial charge in [0.2, 0.25) is 0 Å². The molecule has 0 aromatic heterocycles. The van der Waals surface area contributed by atoms with Gasteiger partial charge < -0.3 is 9.47 Å². The summed E-state index contributed by atoms with van der Waals surface area (Å²) >= 11 is 0. The Hall–Kier alpha value is -1.84. The van der Waals surface area contributed by atoms with E-state index >= 15 is 0 Å². The van der Waals surface area contributed by atoms with E-state index in [1.807, 2.05) is 0 Å². The highest BCUT2D eigenvalue weighted by molar-refractivity contribution is 5.92. The van der Waals surface area contributed by atoms with Gasteiger partial charge in [-0.3, -0.25) is 0 Å². The minimum Gasteiger partial charge on any atom is -0.493 e. The van der Waals surface area contributed by atoms with Crippen LogP contribution in [-0.2, 0) is 9.53 Å². The SMILES string of the molecule is CCOC(=O)C=C1CCOc2ccc(F)cc21. The zero-order chi connectivity index (χ0) is 12.3. The molecule has 0 bridgehead atoms. The average molecular weight is 236 g/mol. The van der Waals surface area contributed by atoms with Crippen LogP contribution >= 0.6 is 0 Å². The molecule has 3 nitrogen and oxygen atoms in total. The maximum atomic E-state index is 13.2. The van der Waals surface area contributed by atoms with Gasteiger partial charge in [-0.2, -0.15) is 0 Å². The molecule has 1 aromatic rings. The molecule has 0 saturated carbocycles. The lowest BCUT2D eigenvalue weighted by Crippen LogP contribution is -2.10. The van der Waals surface area contributed by atoms with Crippen LogP contribution in [0, 0.1) is 5.82 Å². The monoisotopic (exact) mass is 236 g/mol. The van der Waals surface area contributed by atoms with Crippen LogP contribution in [0.2, 0.25) is 0 Å². The zero-order valence-electron chi connectivity index (χ0n) is 9.53. The topological polar surface area (TPSA) is 35.5 Å². The van der Waals surface area contributed by atoms with Crippen LogP contribution in [0.5, 0.6) is 5.75 Å². The van der Waals surface area contributed by atoms with Crippen molar-refractivity contribution < 1.29 is 18.7 Å². The molecule has 0 unspecified atom stereocenters. The van der Waals surface area contributed by atoms with Crippen LogP contribution in [0.3, 0.4) is 0 Å². The summed E-state index contributed by atoms with van der Waals surface area (Å²) in [4.78, 5) is 11.4. The van der Waals surface area contributed by atoms with E-state index in [0.717, 1.165) is 5.57 Å². The molecular formula is C13H13FO3. The number of ether oxygens (including phenoxy) is 2. The molecule has 0 aliphatic carbocycles. The molecule has 0 spiro atoms. The van der Waals surface area contributed by atoms with Gasteiger partial charge >= 0.3 is 5.97 Å².